The lowest BCUT2D eigenvalue weighted by Gasteiger charge is -2.30. The van der Waals surface area contributed by atoms with E-state index >= 15 is 0 Å². The minimum Gasteiger partial charge on any atom is -0.460 e. The van der Waals surface area contributed by atoms with Gasteiger partial charge in [0.2, 0.25) is 0 Å². The maximum absolute atomic E-state index is 12.3. The molecule has 3 heterocycles. The number of hydrogen-bond donors (Lipinski definition) is 1. The number of nitrogens with one attached hydrogen (secondary N) is 1. The molecular weight excluding hydrogens is 345 g/mol. The van der Waals surface area contributed by atoms with Crippen molar-refractivity contribution in [2.24, 2.45) is 0 Å². The Balaban J connectivity index is 1.81. The van der Waals surface area contributed by atoms with Crippen LogP contribution in [0.1, 0.15) is 16.2 Å². The van der Waals surface area contributed by atoms with Crippen LogP contribution in [-0.2, 0) is 0 Å². The molecule has 1 aliphatic heterocycles. The van der Waals surface area contributed by atoms with Crippen molar-refractivity contribution in [1.82, 2.24) is 13.0 Å². The molecule has 0 saturated carbocycles. The molecule has 2 aromatic rings. The van der Waals surface area contributed by atoms with Gasteiger partial charge in [-0.15, -0.1) is 0 Å². The van der Waals surface area contributed by atoms with Crippen molar-refractivity contribution in [1.29, 1.82) is 0 Å². The highest BCUT2D eigenvalue weighted by molar-refractivity contribution is 14.1. The lowest BCUT2D eigenvalue weighted by atomic mass is 10.3. The number of rotatable bonds is 1. The van der Waals surface area contributed by atoms with Crippen LogP contribution < -0.4 is 0 Å². The van der Waals surface area contributed by atoms with Gasteiger partial charge in [-0.3, -0.25) is 4.79 Å². The number of H-pyrrole nitrogens is 1. The normalized spacial score (nSPS) is 17.6. The van der Waals surface area contributed by atoms with E-state index in [1.165, 1.54) is 0 Å². The molecule has 1 aliphatic rings. The number of aromatic amines is 1. The van der Waals surface area contributed by atoms with Crippen LogP contribution in [0.3, 0.4) is 0 Å². The largest absolute Gasteiger partial charge is 0.460 e. The quantitative estimate of drug-likeness (QED) is 0.627. The number of nitrogens with zero attached hydrogens (tertiary/aromatic N) is 2. The van der Waals surface area contributed by atoms with E-state index in [-0.39, 0.29) is 5.91 Å². The second-order valence-electron chi connectivity index (χ2n) is 4.52. The van der Waals surface area contributed by atoms with Gasteiger partial charge in [0.05, 0.1) is 5.52 Å². The molecular formula is C12H14IN3O2. The van der Waals surface area contributed by atoms with Crippen molar-refractivity contribution in [2.45, 2.75) is 6.92 Å². The maximum Gasteiger partial charge on any atom is 0.270 e. The van der Waals surface area contributed by atoms with Crippen molar-refractivity contribution in [3.63, 3.8) is 0 Å². The number of carbonyl (C=O) groups excluding carboxylic acids is 1. The zero-order valence-electron chi connectivity index (χ0n) is 10.1. The lowest BCUT2D eigenvalue weighted by Crippen LogP contribution is -2.45. The summed E-state index contributed by atoms with van der Waals surface area (Å²) in [5.74, 6) is 0.914. The average Bonchev–Trinajstić information content (AvgIpc) is 2.86. The van der Waals surface area contributed by atoms with Crippen molar-refractivity contribution >= 4 is 39.9 Å². The van der Waals surface area contributed by atoms with Crippen LogP contribution in [-0.4, -0.2) is 45.1 Å². The average molecular weight is 359 g/mol. The molecule has 0 aliphatic carbocycles. The molecule has 0 aromatic carbocycles. The molecule has 0 unspecified atom stereocenters. The molecule has 1 N–H and O–H groups in total. The highest BCUT2D eigenvalue weighted by atomic mass is 127. The lowest BCUT2D eigenvalue weighted by molar-refractivity contribution is 0.0706. The molecule has 1 amide bonds. The zero-order valence-corrected chi connectivity index (χ0v) is 12.2. The van der Waals surface area contributed by atoms with Crippen LogP contribution in [0.5, 0.6) is 0 Å². The first-order valence-corrected chi connectivity index (χ1v) is 6.89. The Morgan fingerprint density at radius 3 is 2.72 bits per heavy atom. The first-order chi connectivity index (χ1) is 8.63. The summed E-state index contributed by atoms with van der Waals surface area (Å²) in [4.78, 5) is 17.3. The summed E-state index contributed by atoms with van der Waals surface area (Å²) < 4.78 is 7.69. The van der Waals surface area contributed by atoms with Crippen LogP contribution in [0.15, 0.2) is 16.5 Å². The summed E-state index contributed by atoms with van der Waals surface area (Å²) in [6.07, 6.45) is 0. The van der Waals surface area contributed by atoms with Gasteiger partial charge in [-0.1, -0.05) is 0 Å². The Morgan fingerprint density at radius 1 is 1.33 bits per heavy atom. The predicted molar refractivity (Wildman–Crippen MR) is 76.8 cm³/mol. The zero-order chi connectivity index (χ0) is 12.7. The molecule has 1 fully saturated rings. The Kier molecular flexibility index (Phi) is 3.06. The molecule has 3 rings (SSSR count). The second-order valence-corrected chi connectivity index (χ2v) is 5.88. The number of hydrogen-bond acceptors (Lipinski definition) is 3. The molecule has 6 heteroatoms. The molecule has 0 atom stereocenters. The van der Waals surface area contributed by atoms with E-state index in [2.05, 4.69) is 31.0 Å². The Morgan fingerprint density at radius 2 is 2.06 bits per heavy atom. The van der Waals surface area contributed by atoms with Crippen LogP contribution in [0, 0.1) is 6.92 Å². The molecule has 1 saturated heterocycles. The minimum absolute atomic E-state index is 0.0588. The summed E-state index contributed by atoms with van der Waals surface area (Å²) in [7, 11) is 0. The molecule has 18 heavy (non-hydrogen) atoms. The van der Waals surface area contributed by atoms with Gasteiger partial charge in [-0.25, -0.2) is 3.11 Å². The third-order valence-electron chi connectivity index (χ3n) is 3.17. The third-order valence-corrected chi connectivity index (χ3v) is 4.14. The number of fused-ring (bicyclic) bond motifs is 1. The molecule has 0 spiro atoms. The number of amides is 1. The fourth-order valence-electron chi connectivity index (χ4n) is 2.22. The van der Waals surface area contributed by atoms with Gasteiger partial charge >= 0.3 is 0 Å². The van der Waals surface area contributed by atoms with Gasteiger partial charge in [-0.05, 0) is 6.92 Å². The number of halogens is 1. The number of piperazine rings is 1. The predicted octanol–water partition coefficient (Wildman–Crippen LogP) is 2.18. The molecule has 2 aromatic heterocycles. The third kappa shape index (κ3) is 2.14. The molecule has 96 valence electrons. The van der Waals surface area contributed by atoms with Crippen LogP contribution >= 0.6 is 22.9 Å². The van der Waals surface area contributed by atoms with Gasteiger partial charge in [0.1, 0.15) is 11.5 Å². The fraction of sp³-hybridized carbons (Fsp3) is 0.417. The van der Waals surface area contributed by atoms with E-state index in [1.807, 2.05) is 17.9 Å². The molecule has 0 bridgehead atoms. The van der Waals surface area contributed by atoms with Crippen LogP contribution in [0.4, 0.5) is 0 Å². The Labute approximate surface area is 119 Å². The van der Waals surface area contributed by atoms with Crippen molar-refractivity contribution in [3.05, 3.63) is 23.6 Å². The highest BCUT2D eigenvalue weighted by Gasteiger charge is 2.22. The smallest absolute Gasteiger partial charge is 0.270 e. The Bertz CT molecular complexity index is 550. The summed E-state index contributed by atoms with van der Waals surface area (Å²) in [6.45, 7) is 5.29. The second kappa shape index (κ2) is 4.58. The Hall–Kier alpha value is -1.02. The first kappa shape index (κ1) is 12.0. The van der Waals surface area contributed by atoms with E-state index in [9.17, 15) is 4.79 Å². The van der Waals surface area contributed by atoms with E-state index in [0.29, 0.717) is 5.69 Å². The maximum atomic E-state index is 12.3. The molecule has 5 nitrogen and oxygen atoms in total. The topological polar surface area (TPSA) is 52.5 Å². The fourth-order valence-corrected chi connectivity index (χ4v) is 2.65. The van der Waals surface area contributed by atoms with Gasteiger partial charge < -0.3 is 14.3 Å². The van der Waals surface area contributed by atoms with E-state index in [4.69, 9.17) is 4.42 Å². The highest BCUT2D eigenvalue weighted by Crippen LogP contribution is 2.20. The standard InChI is InChI=1S/C12H14IN3O2/c1-8-6-9-11(18-8)7-10(14-9)12(17)15-2-4-16(13)5-3-15/h6-7,14H,2-5H2,1H3. The van der Waals surface area contributed by atoms with E-state index in [1.54, 1.807) is 6.07 Å². The summed E-state index contributed by atoms with van der Waals surface area (Å²) >= 11 is 2.29. The number of aryl methyl sites for hydroxylation is 1. The van der Waals surface area contributed by atoms with Gasteiger partial charge in [0.15, 0.2) is 5.58 Å². The van der Waals surface area contributed by atoms with Crippen molar-refractivity contribution in [2.75, 3.05) is 26.2 Å². The van der Waals surface area contributed by atoms with Gasteiger partial charge in [0, 0.05) is 61.2 Å². The van der Waals surface area contributed by atoms with E-state index < -0.39 is 0 Å². The van der Waals surface area contributed by atoms with Crippen LogP contribution in [0.2, 0.25) is 0 Å². The minimum atomic E-state index is 0.0588. The van der Waals surface area contributed by atoms with Crippen LogP contribution in [0.25, 0.3) is 11.1 Å². The van der Waals surface area contributed by atoms with Gasteiger partial charge in [0.25, 0.3) is 5.91 Å². The number of carbonyl (C=O) groups is 1. The van der Waals surface area contributed by atoms with E-state index in [0.717, 1.165) is 43.0 Å². The monoisotopic (exact) mass is 359 g/mol. The summed E-state index contributed by atoms with van der Waals surface area (Å²) in [5.41, 5.74) is 2.26. The number of aromatic nitrogens is 1. The molecule has 0 radical (unpaired) electrons. The number of furan rings is 1. The van der Waals surface area contributed by atoms with Gasteiger partial charge in [-0.2, -0.15) is 0 Å². The van der Waals surface area contributed by atoms with Crippen molar-refractivity contribution < 1.29 is 9.21 Å². The summed E-state index contributed by atoms with van der Waals surface area (Å²) in [5, 5.41) is 0. The summed E-state index contributed by atoms with van der Waals surface area (Å²) in [6, 6.07) is 3.70. The van der Waals surface area contributed by atoms with Crippen molar-refractivity contribution in [3.8, 4) is 0 Å². The first-order valence-electron chi connectivity index (χ1n) is 5.92. The SMILES string of the molecule is Cc1cc2[nH]c(C(=O)N3CCN(I)CC3)cc2o1.